The molecule has 0 aliphatic carbocycles. The predicted octanol–water partition coefficient (Wildman–Crippen LogP) is 3.32. The molecular formula is C18H21ClN6. The lowest BCUT2D eigenvalue weighted by molar-refractivity contribution is 0.311. The lowest BCUT2D eigenvalue weighted by Gasteiger charge is -2.32. The summed E-state index contributed by atoms with van der Waals surface area (Å²) in [4.78, 5) is 18.0. The first-order valence-electron chi connectivity index (χ1n) is 8.67. The number of aromatic nitrogens is 4. The van der Waals surface area contributed by atoms with Crippen molar-refractivity contribution in [3.05, 3.63) is 41.3 Å². The quantitative estimate of drug-likeness (QED) is 0.656. The molecule has 0 amide bonds. The smallest absolute Gasteiger partial charge is 0.212 e. The van der Waals surface area contributed by atoms with Gasteiger partial charge in [-0.2, -0.15) is 0 Å². The van der Waals surface area contributed by atoms with Crippen LogP contribution in [0.3, 0.4) is 0 Å². The maximum atomic E-state index is 6.25. The van der Waals surface area contributed by atoms with E-state index < -0.39 is 0 Å². The van der Waals surface area contributed by atoms with Crippen LogP contribution >= 0.6 is 11.6 Å². The SMILES string of the molecule is CCN(CC)CCN1c2ccccc2Cn2c1nc1c(Cl)ncnc12. The molecule has 0 saturated heterocycles. The Kier molecular flexibility index (Phi) is 4.31. The minimum absolute atomic E-state index is 0.402. The van der Waals surface area contributed by atoms with Crippen molar-refractivity contribution >= 4 is 34.4 Å². The van der Waals surface area contributed by atoms with Gasteiger partial charge in [0.25, 0.3) is 0 Å². The van der Waals surface area contributed by atoms with E-state index >= 15 is 0 Å². The van der Waals surface area contributed by atoms with E-state index in [0.29, 0.717) is 10.7 Å². The fourth-order valence-corrected chi connectivity index (χ4v) is 3.61. The van der Waals surface area contributed by atoms with Gasteiger partial charge in [0.15, 0.2) is 10.8 Å². The van der Waals surface area contributed by atoms with Crippen LogP contribution in [0.4, 0.5) is 11.6 Å². The van der Waals surface area contributed by atoms with Crippen LogP contribution < -0.4 is 4.90 Å². The van der Waals surface area contributed by atoms with Crippen molar-refractivity contribution < 1.29 is 0 Å². The van der Waals surface area contributed by atoms with Crippen LogP contribution in [0.1, 0.15) is 19.4 Å². The molecule has 1 aliphatic heterocycles. The molecule has 2 aromatic heterocycles. The maximum Gasteiger partial charge on any atom is 0.212 e. The number of anilines is 2. The second-order valence-corrected chi connectivity index (χ2v) is 6.50. The molecule has 3 aromatic rings. The topological polar surface area (TPSA) is 50.1 Å². The summed E-state index contributed by atoms with van der Waals surface area (Å²) in [6.45, 7) is 9.06. The van der Waals surface area contributed by atoms with Gasteiger partial charge >= 0.3 is 0 Å². The number of para-hydroxylation sites is 1. The van der Waals surface area contributed by atoms with Crippen LogP contribution in [0.15, 0.2) is 30.6 Å². The molecule has 1 aromatic carbocycles. The van der Waals surface area contributed by atoms with Crippen LogP contribution in [0.2, 0.25) is 5.15 Å². The molecule has 0 spiro atoms. The highest BCUT2D eigenvalue weighted by Gasteiger charge is 2.27. The standard InChI is InChI=1S/C18H21ClN6/c1-3-23(4-2)9-10-24-14-8-6-5-7-13(14)11-25-17-15(22-18(24)25)16(19)20-12-21-17/h5-8,12H,3-4,9-11H2,1-2H3. The van der Waals surface area contributed by atoms with Crippen LogP contribution in [-0.4, -0.2) is 50.6 Å². The Morgan fingerprint density at radius 3 is 2.76 bits per heavy atom. The molecule has 25 heavy (non-hydrogen) atoms. The highest BCUT2D eigenvalue weighted by molar-refractivity contribution is 6.33. The highest BCUT2D eigenvalue weighted by Crippen LogP contribution is 2.36. The van der Waals surface area contributed by atoms with E-state index in [0.717, 1.165) is 44.3 Å². The van der Waals surface area contributed by atoms with Gasteiger partial charge in [-0.15, -0.1) is 0 Å². The Bertz CT molecular complexity index is 902. The number of hydrogen-bond acceptors (Lipinski definition) is 5. The molecule has 0 N–H and O–H groups in total. The van der Waals surface area contributed by atoms with Gasteiger partial charge in [-0.3, -0.25) is 4.57 Å². The summed E-state index contributed by atoms with van der Waals surface area (Å²) in [5, 5.41) is 0.402. The molecule has 0 saturated carbocycles. The molecule has 0 radical (unpaired) electrons. The molecule has 3 heterocycles. The number of hydrogen-bond donors (Lipinski definition) is 0. The molecule has 6 nitrogen and oxygen atoms in total. The second kappa shape index (κ2) is 6.61. The summed E-state index contributed by atoms with van der Waals surface area (Å²) in [7, 11) is 0. The van der Waals surface area contributed by atoms with Crippen molar-refractivity contribution in [1.29, 1.82) is 0 Å². The Labute approximate surface area is 152 Å². The minimum Gasteiger partial charge on any atom is -0.310 e. The fourth-order valence-electron chi connectivity index (χ4n) is 3.44. The number of imidazole rings is 1. The third kappa shape index (κ3) is 2.75. The van der Waals surface area contributed by atoms with E-state index in [9.17, 15) is 0 Å². The van der Waals surface area contributed by atoms with E-state index in [1.54, 1.807) is 0 Å². The Hall–Kier alpha value is -2.18. The van der Waals surface area contributed by atoms with Crippen LogP contribution in [-0.2, 0) is 6.54 Å². The third-order valence-electron chi connectivity index (χ3n) is 4.85. The molecule has 0 atom stereocenters. The summed E-state index contributed by atoms with van der Waals surface area (Å²) in [6.07, 6.45) is 1.50. The van der Waals surface area contributed by atoms with Crippen molar-refractivity contribution in [2.45, 2.75) is 20.4 Å². The monoisotopic (exact) mass is 356 g/mol. The molecule has 1 aliphatic rings. The number of nitrogens with zero attached hydrogens (tertiary/aromatic N) is 6. The summed E-state index contributed by atoms with van der Waals surface area (Å²) >= 11 is 6.25. The van der Waals surface area contributed by atoms with Gasteiger partial charge in [-0.25, -0.2) is 15.0 Å². The van der Waals surface area contributed by atoms with E-state index in [-0.39, 0.29) is 0 Å². The zero-order valence-electron chi connectivity index (χ0n) is 14.5. The number of halogens is 1. The Morgan fingerprint density at radius 2 is 1.96 bits per heavy atom. The van der Waals surface area contributed by atoms with Gasteiger partial charge < -0.3 is 9.80 Å². The van der Waals surface area contributed by atoms with Crippen LogP contribution in [0, 0.1) is 0 Å². The zero-order chi connectivity index (χ0) is 17.4. The molecule has 0 unspecified atom stereocenters. The van der Waals surface area contributed by atoms with Crippen LogP contribution in [0.25, 0.3) is 11.2 Å². The number of rotatable bonds is 5. The van der Waals surface area contributed by atoms with E-state index in [1.807, 2.05) is 0 Å². The lowest BCUT2D eigenvalue weighted by atomic mass is 10.1. The first-order valence-corrected chi connectivity index (χ1v) is 9.05. The molecule has 130 valence electrons. The Morgan fingerprint density at radius 1 is 1.16 bits per heavy atom. The molecule has 0 bridgehead atoms. The number of benzene rings is 1. The first-order chi connectivity index (χ1) is 12.2. The van der Waals surface area contributed by atoms with Crippen molar-refractivity contribution in [2.24, 2.45) is 0 Å². The van der Waals surface area contributed by atoms with Gasteiger partial charge in [0.2, 0.25) is 5.95 Å². The van der Waals surface area contributed by atoms with Gasteiger partial charge in [-0.1, -0.05) is 43.6 Å². The first kappa shape index (κ1) is 16.3. The summed E-state index contributed by atoms with van der Waals surface area (Å²) in [6, 6.07) is 8.48. The second-order valence-electron chi connectivity index (χ2n) is 6.14. The van der Waals surface area contributed by atoms with Crippen molar-refractivity contribution in [3.63, 3.8) is 0 Å². The molecular weight excluding hydrogens is 336 g/mol. The molecule has 7 heteroatoms. The molecule has 4 rings (SSSR count). The molecule has 0 fully saturated rings. The normalized spacial score (nSPS) is 13.4. The van der Waals surface area contributed by atoms with Crippen LogP contribution in [0.5, 0.6) is 0 Å². The largest absolute Gasteiger partial charge is 0.310 e. The summed E-state index contributed by atoms with van der Waals surface area (Å²) < 4.78 is 2.13. The average Bonchev–Trinajstić information content (AvgIpc) is 3.01. The Balaban J connectivity index is 1.80. The van der Waals surface area contributed by atoms with Gasteiger partial charge in [-0.05, 0) is 24.7 Å². The third-order valence-corrected chi connectivity index (χ3v) is 5.13. The van der Waals surface area contributed by atoms with E-state index in [1.165, 1.54) is 17.6 Å². The van der Waals surface area contributed by atoms with Gasteiger partial charge in [0.1, 0.15) is 11.8 Å². The minimum atomic E-state index is 0.402. The highest BCUT2D eigenvalue weighted by atomic mass is 35.5. The maximum absolute atomic E-state index is 6.25. The predicted molar refractivity (Wildman–Crippen MR) is 101 cm³/mol. The fraction of sp³-hybridized carbons (Fsp3) is 0.389. The lowest BCUT2D eigenvalue weighted by Crippen LogP contribution is -2.36. The van der Waals surface area contributed by atoms with Gasteiger partial charge in [0, 0.05) is 18.8 Å². The van der Waals surface area contributed by atoms with Gasteiger partial charge in [0.05, 0.1) is 6.54 Å². The van der Waals surface area contributed by atoms with Crippen molar-refractivity contribution in [2.75, 3.05) is 31.1 Å². The van der Waals surface area contributed by atoms with Crippen molar-refractivity contribution in [1.82, 2.24) is 24.4 Å². The average molecular weight is 357 g/mol. The zero-order valence-corrected chi connectivity index (χ0v) is 15.2. The van der Waals surface area contributed by atoms with E-state index in [2.05, 4.69) is 62.4 Å². The summed E-state index contributed by atoms with van der Waals surface area (Å²) in [5.41, 5.74) is 3.93. The number of fused-ring (bicyclic) bond motifs is 4. The summed E-state index contributed by atoms with van der Waals surface area (Å²) in [5.74, 6) is 0.892. The van der Waals surface area contributed by atoms with Crippen molar-refractivity contribution in [3.8, 4) is 0 Å². The number of likely N-dealkylation sites (N-methyl/N-ethyl adjacent to an activating group) is 1. The van der Waals surface area contributed by atoms with E-state index in [4.69, 9.17) is 16.6 Å².